The minimum absolute atomic E-state index is 0. The van der Waals surface area contributed by atoms with Crippen LogP contribution in [0.15, 0.2) is 40.2 Å². The monoisotopic (exact) mass is 354 g/mol. The first-order valence-corrected chi connectivity index (χ1v) is 7.33. The van der Waals surface area contributed by atoms with Gasteiger partial charge in [-0.2, -0.15) is 0 Å². The number of halogens is 1. The lowest BCUT2D eigenvalue weighted by Crippen LogP contribution is -2.34. The Hall–Kier alpha value is -2.41. The van der Waals surface area contributed by atoms with Crippen LogP contribution in [0.4, 0.5) is 0 Å². The highest BCUT2D eigenvalue weighted by molar-refractivity contribution is 5.92. The molecule has 1 atom stereocenters. The average Bonchev–Trinajstić information content (AvgIpc) is 2.67. The average molecular weight is 355 g/mol. The van der Waals surface area contributed by atoms with E-state index in [1.807, 2.05) is 0 Å². The molecule has 0 saturated heterocycles. The van der Waals surface area contributed by atoms with Crippen molar-refractivity contribution < 1.29 is 24.2 Å². The Kier molecular flexibility index (Phi) is 7.38. The molecule has 0 bridgehead atoms. The van der Waals surface area contributed by atoms with E-state index in [-0.39, 0.29) is 43.0 Å². The Morgan fingerprint density at radius 3 is 2.92 bits per heavy atom. The molecule has 0 fully saturated rings. The predicted octanol–water partition coefficient (Wildman–Crippen LogP) is 1.75. The zero-order valence-electron chi connectivity index (χ0n) is 13.2. The molecule has 130 valence electrons. The van der Waals surface area contributed by atoms with Gasteiger partial charge in [0.15, 0.2) is 0 Å². The van der Waals surface area contributed by atoms with Crippen molar-refractivity contribution in [1.82, 2.24) is 5.32 Å². The van der Waals surface area contributed by atoms with Crippen molar-refractivity contribution in [2.45, 2.75) is 26.2 Å². The molecule has 8 heteroatoms. The number of hydrogen-bond donors (Lipinski definition) is 2. The van der Waals surface area contributed by atoms with E-state index in [4.69, 9.17) is 9.84 Å². The molecule has 2 N–H and O–H groups in total. The number of carboxylic acids is 1. The van der Waals surface area contributed by atoms with Crippen LogP contribution in [0.25, 0.3) is 0 Å². The van der Waals surface area contributed by atoms with Gasteiger partial charge in [-0.25, -0.2) is 4.79 Å². The second kappa shape index (κ2) is 9.02. The van der Waals surface area contributed by atoms with Gasteiger partial charge in [-0.3, -0.25) is 14.6 Å². The van der Waals surface area contributed by atoms with Crippen LogP contribution < -0.4 is 5.32 Å². The largest absolute Gasteiger partial charge is 0.478 e. The summed E-state index contributed by atoms with van der Waals surface area (Å²) in [6.45, 7) is 2.04. The number of ether oxygens (including phenoxy) is 1. The van der Waals surface area contributed by atoms with Gasteiger partial charge in [-0.05, 0) is 25.0 Å². The lowest BCUT2D eigenvalue weighted by atomic mass is 9.86. The molecule has 2 heterocycles. The summed E-state index contributed by atoms with van der Waals surface area (Å²) in [4.78, 5) is 38.3. The molecule has 0 aromatic rings. The fraction of sp³-hybridized carbons (Fsp3) is 0.375. The zero-order valence-corrected chi connectivity index (χ0v) is 14.0. The summed E-state index contributed by atoms with van der Waals surface area (Å²) in [6, 6.07) is 0. The summed E-state index contributed by atoms with van der Waals surface area (Å²) < 4.78 is 4.96. The number of rotatable bonds is 5. The number of aliphatic carboxylic acids is 1. The molecular weight excluding hydrogens is 336 g/mol. The van der Waals surface area contributed by atoms with Gasteiger partial charge in [-0.1, -0.05) is 6.08 Å². The van der Waals surface area contributed by atoms with Gasteiger partial charge in [0.1, 0.15) is 0 Å². The van der Waals surface area contributed by atoms with Gasteiger partial charge < -0.3 is 15.2 Å². The number of nitrogens with zero attached hydrogens (tertiary/aromatic N) is 1. The van der Waals surface area contributed by atoms with Crippen LogP contribution in [-0.2, 0) is 19.1 Å². The summed E-state index contributed by atoms with van der Waals surface area (Å²) in [5, 5.41) is 11.4. The van der Waals surface area contributed by atoms with E-state index in [0.29, 0.717) is 24.4 Å². The maximum atomic E-state index is 11.8. The first-order chi connectivity index (χ1) is 11.0. The molecule has 2 aliphatic rings. The van der Waals surface area contributed by atoms with Crippen molar-refractivity contribution in [1.29, 1.82) is 0 Å². The second-order valence-corrected chi connectivity index (χ2v) is 5.16. The van der Waals surface area contributed by atoms with Gasteiger partial charge >= 0.3 is 11.9 Å². The second-order valence-electron chi connectivity index (χ2n) is 5.16. The molecule has 24 heavy (non-hydrogen) atoms. The highest BCUT2D eigenvalue weighted by Gasteiger charge is 2.29. The highest BCUT2D eigenvalue weighted by atomic mass is 35.5. The lowest BCUT2D eigenvalue weighted by molar-refractivity contribution is -0.144. The van der Waals surface area contributed by atoms with E-state index in [2.05, 4.69) is 10.3 Å². The maximum absolute atomic E-state index is 11.8. The van der Waals surface area contributed by atoms with E-state index in [0.717, 1.165) is 11.6 Å². The van der Waals surface area contributed by atoms with Crippen LogP contribution in [0.2, 0.25) is 0 Å². The molecule has 0 aromatic carbocycles. The summed E-state index contributed by atoms with van der Waals surface area (Å²) in [7, 11) is 0. The first kappa shape index (κ1) is 19.6. The first-order valence-electron chi connectivity index (χ1n) is 7.33. The topological polar surface area (TPSA) is 105 Å². The molecular formula is C16H19ClN2O5. The lowest BCUT2D eigenvalue weighted by Gasteiger charge is -2.25. The van der Waals surface area contributed by atoms with Gasteiger partial charge in [0.25, 0.3) is 0 Å². The smallest absolute Gasteiger partial charge is 0.328 e. The molecule has 2 rings (SSSR count). The normalized spacial score (nSPS) is 19.8. The number of aliphatic imine (C=N–C) groups is 1. The molecule has 7 nitrogen and oxygen atoms in total. The molecule has 1 unspecified atom stereocenters. The number of carboxylic acid groups (broad SMARTS) is 1. The number of allylic oxidation sites excluding steroid dienone is 4. The summed E-state index contributed by atoms with van der Waals surface area (Å²) >= 11 is 0. The summed E-state index contributed by atoms with van der Waals surface area (Å²) in [5.41, 5.74) is 1.97. The van der Waals surface area contributed by atoms with E-state index in [9.17, 15) is 14.4 Å². The number of hydrogen-bond acceptors (Lipinski definition) is 5. The predicted molar refractivity (Wildman–Crippen MR) is 89.7 cm³/mol. The Bertz CT molecular complexity index is 649. The van der Waals surface area contributed by atoms with E-state index in [1.54, 1.807) is 13.0 Å². The van der Waals surface area contributed by atoms with Crippen LogP contribution in [0.1, 0.15) is 26.2 Å². The van der Waals surface area contributed by atoms with Crippen molar-refractivity contribution in [2.24, 2.45) is 10.9 Å². The number of nitrogens with one attached hydrogen (secondary N) is 1. The van der Waals surface area contributed by atoms with E-state index < -0.39 is 5.97 Å². The fourth-order valence-electron chi connectivity index (χ4n) is 2.53. The fourth-order valence-corrected chi connectivity index (χ4v) is 2.53. The number of amides is 1. The van der Waals surface area contributed by atoms with Crippen LogP contribution >= 0.6 is 12.4 Å². The van der Waals surface area contributed by atoms with Crippen molar-refractivity contribution in [3.63, 3.8) is 0 Å². The molecule has 0 aromatic heterocycles. The minimum Gasteiger partial charge on any atom is -0.478 e. The van der Waals surface area contributed by atoms with Crippen LogP contribution in [0.5, 0.6) is 0 Å². The summed E-state index contributed by atoms with van der Waals surface area (Å²) in [6.07, 6.45) is 6.51. The van der Waals surface area contributed by atoms with Crippen molar-refractivity contribution in [3.8, 4) is 0 Å². The zero-order chi connectivity index (χ0) is 16.8. The highest BCUT2D eigenvalue weighted by Crippen LogP contribution is 2.30. The van der Waals surface area contributed by atoms with E-state index >= 15 is 0 Å². The van der Waals surface area contributed by atoms with Crippen molar-refractivity contribution in [2.75, 3.05) is 6.61 Å². The molecule has 0 aliphatic carbocycles. The Labute approximate surface area is 145 Å². The molecule has 0 spiro atoms. The molecule has 0 saturated carbocycles. The van der Waals surface area contributed by atoms with Crippen molar-refractivity contribution in [3.05, 3.63) is 35.2 Å². The third-order valence-corrected chi connectivity index (χ3v) is 3.53. The van der Waals surface area contributed by atoms with Crippen LogP contribution in [-0.4, -0.2) is 35.8 Å². The Morgan fingerprint density at radius 1 is 1.50 bits per heavy atom. The summed E-state index contributed by atoms with van der Waals surface area (Å²) in [5.74, 6) is -1.80. The third-order valence-electron chi connectivity index (χ3n) is 3.53. The SMILES string of the molecule is CCOC(=O)CC1CC(=O)NC2=C1CC=C(/C=C/C(=O)O)N=C2.Cl. The minimum atomic E-state index is -1.06. The van der Waals surface area contributed by atoms with Crippen LogP contribution in [0, 0.1) is 5.92 Å². The maximum Gasteiger partial charge on any atom is 0.328 e. The van der Waals surface area contributed by atoms with Crippen LogP contribution in [0.3, 0.4) is 0 Å². The standard InChI is InChI=1S/C16H18N2O5.ClH/c1-2-23-16(22)8-10-7-14(19)18-13-9-17-11(3-5-12(10)13)4-6-15(20)21;/h3-4,6,9-10H,2,5,7-8H2,1H3,(H,18,19)(H,20,21);1H/b6-4+;. The Morgan fingerprint density at radius 2 is 2.25 bits per heavy atom. The molecule has 2 aliphatic heterocycles. The number of esters is 1. The van der Waals surface area contributed by atoms with Gasteiger partial charge in [0.2, 0.25) is 5.91 Å². The molecule has 1 amide bonds. The number of carbonyl (C=O) groups excluding carboxylic acids is 2. The third kappa shape index (κ3) is 5.34. The van der Waals surface area contributed by atoms with E-state index in [1.165, 1.54) is 12.3 Å². The quantitative estimate of drug-likeness (QED) is 0.578. The Balaban J connectivity index is 0.00000288. The molecule has 0 radical (unpaired) electrons. The van der Waals surface area contributed by atoms with Gasteiger partial charge in [0, 0.05) is 18.4 Å². The van der Waals surface area contributed by atoms with Gasteiger partial charge in [0.05, 0.1) is 30.6 Å². The van der Waals surface area contributed by atoms with Gasteiger partial charge in [-0.15, -0.1) is 12.4 Å². The van der Waals surface area contributed by atoms with Crippen molar-refractivity contribution >= 4 is 36.5 Å². The number of carbonyl (C=O) groups is 3.